The lowest BCUT2D eigenvalue weighted by Crippen LogP contribution is -2.18. The summed E-state index contributed by atoms with van der Waals surface area (Å²) in [5.74, 6) is 0.894. The van der Waals surface area contributed by atoms with Gasteiger partial charge >= 0.3 is 6.18 Å². The van der Waals surface area contributed by atoms with Gasteiger partial charge in [-0.1, -0.05) is 69.6 Å². The maximum atomic E-state index is 13.0. The van der Waals surface area contributed by atoms with Crippen LogP contribution in [0, 0.1) is 0 Å². The molecule has 6 rings (SSSR count). The summed E-state index contributed by atoms with van der Waals surface area (Å²) in [7, 11) is 0. The van der Waals surface area contributed by atoms with Gasteiger partial charge in [-0.25, -0.2) is 0 Å². The van der Waals surface area contributed by atoms with Gasteiger partial charge in [-0.3, -0.25) is 0 Å². The summed E-state index contributed by atoms with van der Waals surface area (Å²) in [5, 5.41) is 0.483. The second-order valence-electron chi connectivity index (χ2n) is 11.0. The van der Waals surface area contributed by atoms with E-state index < -0.39 is 34.1 Å². The van der Waals surface area contributed by atoms with Crippen LogP contribution in [0.3, 0.4) is 0 Å². The van der Waals surface area contributed by atoms with E-state index in [9.17, 15) is 22.3 Å². The summed E-state index contributed by atoms with van der Waals surface area (Å²) in [6.07, 6.45) is -3.19. The first-order valence-electron chi connectivity index (χ1n) is 13.4. The predicted octanol–water partition coefficient (Wildman–Crippen LogP) is 9.43. The summed E-state index contributed by atoms with van der Waals surface area (Å²) in [4.78, 5) is 3.10. The maximum absolute atomic E-state index is 13.0. The molecule has 4 aromatic rings. The second-order valence-corrected chi connectivity index (χ2v) is 14.2. The third-order valence-electron chi connectivity index (χ3n) is 7.43. The molecule has 2 atom stereocenters. The average molecular weight is 615 g/mol. The Morgan fingerprint density at radius 3 is 1.95 bits per heavy atom. The van der Waals surface area contributed by atoms with E-state index in [0.717, 1.165) is 28.3 Å². The van der Waals surface area contributed by atoms with E-state index >= 15 is 0 Å². The van der Waals surface area contributed by atoms with Crippen LogP contribution in [0.15, 0.2) is 92.4 Å². The van der Waals surface area contributed by atoms with Crippen molar-refractivity contribution in [2.75, 3.05) is 0 Å². The van der Waals surface area contributed by atoms with Crippen molar-refractivity contribution < 1.29 is 22.3 Å². The molecule has 2 aliphatic heterocycles. The lowest BCUT2D eigenvalue weighted by atomic mass is 9.90. The van der Waals surface area contributed by atoms with Crippen molar-refractivity contribution >= 4 is 34.0 Å². The molecule has 0 amide bonds. The highest BCUT2D eigenvalue weighted by Crippen LogP contribution is 2.41. The molecule has 0 radical (unpaired) electrons. The minimum atomic E-state index is -4.40. The molecule has 0 bridgehead atoms. The van der Waals surface area contributed by atoms with Gasteiger partial charge in [-0.15, -0.1) is 0 Å². The summed E-state index contributed by atoms with van der Waals surface area (Å²) in [5.41, 5.74) is 5.49. The molecule has 0 aliphatic carbocycles. The average Bonchev–Trinajstić information content (AvgIpc) is 2.92. The van der Waals surface area contributed by atoms with Crippen LogP contribution in [-0.2, 0) is 41.4 Å². The fourth-order valence-electron chi connectivity index (χ4n) is 5.27. The van der Waals surface area contributed by atoms with E-state index in [4.69, 9.17) is 11.6 Å². The standard InChI is InChI=1S/C19H22OS.C14H8ClF3OS/c1-12(2)15-10-16-9-14-7-5-6-8-18(14)21(20)19(16)17(11-15)13(3)4;15-11-2-4-13-9(7-11)5-8-6-10(14(16,17)18)1-3-12(8)20(13)19/h5-8,10-13H,9H2,1-4H3;1-4,6-7H,5H2. The summed E-state index contributed by atoms with van der Waals surface area (Å²) in [6, 6.07) is 20.9. The van der Waals surface area contributed by atoms with Crippen molar-refractivity contribution in [2.45, 2.75) is 78.1 Å². The molecule has 0 saturated heterocycles. The first-order valence-corrected chi connectivity index (χ1v) is 16.1. The molecular formula is C33H30ClF3O2S2. The van der Waals surface area contributed by atoms with Crippen LogP contribution in [0.25, 0.3) is 0 Å². The van der Waals surface area contributed by atoms with Crippen LogP contribution in [0.5, 0.6) is 0 Å². The Morgan fingerprint density at radius 1 is 0.683 bits per heavy atom. The highest BCUT2D eigenvalue weighted by atomic mass is 35.5. The third kappa shape index (κ3) is 6.06. The van der Waals surface area contributed by atoms with Crippen molar-refractivity contribution in [3.8, 4) is 0 Å². The number of benzene rings is 4. The van der Waals surface area contributed by atoms with E-state index in [1.54, 1.807) is 18.2 Å². The van der Waals surface area contributed by atoms with Crippen LogP contribution >= 0.6 is 11.6 Å². The third-order valence-corrected chi connectivity index (χ3v) is 10.9. The number of hydrogen-bond donors (Lipinski definition) is 0. The normalized spacial score (nSPS) is 17.3. The predicted molar refractivity (Wildman–Crippen MR) is 159 cm³/mol. The fourth-order valence-corrected chi connectivity index (χ4v) is 8.50. The molecule has 0 aromatic heterocycles. The number of halogens is 4. The van der Waals surface area contributed by atoms with E-state index in [1.807, 2.05) is 18.2 Å². The zero-order valence-electron chi connectivity index (χ0n) is 23.1. The minimum absolute atomic E-state index is 0.306. The Morgan fingerprint density at radius 2 is 1.29 bits per heavy atom. The van der Waals surface area contributed by atoms with Crippen LogP contribution < -0.4 is 0 Å². The topological polar surface area (TPSA) is 46.1 Å². The van der Waals surface area contributed by atoms with Crippen LogP contribution in [0.4, 0.5) is 13.2 Å². The van der Waals surface area contributed by atoms with Crippen molar-refractivity contribution in [2.24, 2.45) is 0 Å². The number of alkyl halides is 3. The van der Waals surface area contributed by atoms with Gasteiger partial charge in [0.2, 0.25) is 0 Å². The van der Waals surface area contributed by atoms with Gasteiger partial charge in [0.25, 0.3) is 0 Å². The molecule has 2 aliphatic rings. The molecule has 2 heterocycles. The fraction of sp³-hybridized carbons (Fsp3) is 0.273. The molecule has 214 valence electrons. The van der Waals surface area contributed by atoms with Gasteiger partial charge in [0, 0.05) is 68.0 Å². The smallest absolute Gasteiger partial charge is 0.416 e. The maximum Gasteiger partial charge on any atom is 0.416 e. The van der Waals surface area contributed by atoms with Crippen molar-refractivity contribution in [1.29, 1.82) is 0 Å². The molecule has 0 spiro atoms. The van der Waals surface area contributed by atoms with Gasteiger partial charge < -0.3 is 9.11 Å². The Kier molecular flexibility index (Phi) is 8.57. The van der Waals surface area contributed by atoms with Gasteiger partial charge in [0.15, 0.2) is 19.6 Å². The zero-order valence-corrected chi connectivity index (χ0v) is 25.5. The molecule has 2 nitrogen and oxygen atoms in total. The minimum Gasteiger partial charge on any atom is -0.606 e. The Balaban J connectivity index is 0.000000165. The van der Waals surface area contributed by atoms with Crippen molar-refractivity contribution in [1.82, 2.24) is 0 Å². The van der Waals surface area contributed by atoms with Crippen molar-refractivity contribution in [3.63, 3.8) is 0 Å². The summed E-state index contributed by atoms with van der Waals surface area (Å²) < 4.78 is 63.5. The number of rotatable bonds is 2. The van der Waals surface area contributed by atoms with E-state index in [1.165, 1.54) is 28.3 Å². The molecule has 2 unspecified atom stereocenters. The Labute approximate surface area is 250 Å². The Bertz CT molecular complexity index is 1600. The van der Waals surface area contributed by atoms with Gasteiger partial charge in [-0.2, -0.15) is 13.2 Å². The van der Waals surface area contributed by atoms with E-state index in [-0.39, 0.29) is 0 Å². The number of hydrogen-bond acceptors (Lipinski definition) is 2. The highest BCUT2D eigenvalue weighted by molar-refractivity contribution is 7.92. The molecular weight excluding hydrogens is 585 g/mol. The molecule has 8 heteroatoms. The largest absolute Gasteiger partial charge is 0.606 e. The van der Waals surface area contributed by atoms with E-state index in [0.29, 0.717) is 44.2 Å². The zero-order chi connectivity index (χ0) is 29.6. The first-order chi connectivity index (χ1) is 19.3. The lowest BCUT2D eigenvalue weighted by Gasteiger charge is -2.26. The van der Waals surface area contributed by atoms with Gasteiger partial charge in [0.1, 0.15) is 0 Å². The summed E-state index contributed by atoms with van der Waals surface area (Å²) >= 11 is 3.37. The quantitative estimate of drug-likeness (QED) is 0.211. The molecule has 0 N–H and O–H groups in total. The second kappa shape index (κ2) is 11.7. The van der Waals surface area contributed by atoms with Crippen molar-refractivity contribution in [3.05, 3.63) is 117 Å². The van der Waals surface area contributed by atoms with Crippen LogP contribution in [0.1, 0.15) is 78.5 Å². The Hall–Kier alpha value is -2.42. The highest BCUT2D eigenvalue weighted by Gasteiger charge is 2.35. The molecule has 0 saturated carbocycles. The lowest BCUT2D eigenvalue weighted by molar-refractivity contribution is -0.137. The van der Waals surface area contributed by atoms with Crippen LogP contribution in [-0.4, -0.2) is 9.11 Å². The SMILES string of the molecule is CC(C)c1cc2c(c(C(C)C)c1)[S+]([O-])c1ccccc1C2.[O-][S+]1c2ccc(Cl)cc2Cc2cc(C(F)(F)F)ccc21. The first kappa shape index (κ1) is 30.1. The van der Waals surface area contributed by atoms with Crippen LogP contribution in [0.2, 0.25) is 5.02 Å². The molecule has 4 aromatic carbocycles. The van der Waals surface area contributed by atoms with Gasteiger partial charge in [-0.05, 0) is 59.9 Å². The molecule has 0 fully saturated rings. The van der Waals surface area contributed by atoms with E-state index in [2.05, 4.69) is 45.9 Å². The number of fused-ring (bicyclic) bond motifs is 4. The molecule has 41 heavy (non-hydrogen) atoms. The summed E-state index contributed by atoms with van der Waals surface area (Å²) in [6.45, 7) is 8.83. The van der Waals surface area contributed by atoms with Gasteiger partial charge in [0.05, 0.1) is 5.56 Å². The monoisotopic (exact) mass is 614 g/mol.